The molecule has 0 aliphatic rings. The second-order valence-corrected chi connectivity index (χ2v) is 6.22. The summed E-state index contributed by atoms with van der Waals surface area (Å²) in [6.45, 7) is 0. The Morgan fingerprint density at radius 2 is 2.11 bits per heavy atom. The van der Waals surface area contributed by atoms with E-state index in [9.17, 15) is 13.2 Å². The van der Waals surface area contributed by atoms with Crippen molar-refractivity contribution in [3.8, 4) is 5.75 Å². The number of Topliss-reactive ketones (excluding diaryl/α,β-unsaturated/α-hetero) is 1. The van der Waals surface area contributed by atoms with Crippen molar-refractivity contribution >= 4 is 26.5 Å². The number of sulfone groups is 1. The fourth-order valence-corrected chi connectivity index (χ4v) is 2.49. The normalized spacial score (nSPS) is 11.7. The van der Waals surface area contributed by atoms with Crippen LogP contribution >= 0.6 is 0 Å². The molecule has 0 saturated heterocycles. The van der Waals surface area contributed by atoms with E-state index < -0.39 is 21.4 Å². The lowest BCUT2D eigenvalue weighted by Crippen LogP contribution is -2.14. The number of carbonyl (C=O) groups is 1. The number of hydrogen-bond acceptors (Lipinski definition) is 4. The summed E-state index contributed by atoms with van der Waals surface area (Å²) in [5.74, 6) is -0.392. The molecule has 0 aliphatic heterocycles. The Bertz CT molecular complexity index is 700. The van der Waals surface area contributed by atoms with E-state index in [1.165, 1.54) is 13.3 Å². The molecule has 5 nitrogen and oxygen atoms in total. The van der Waals surface area contributed by atoms with Gasteiger partial charge in [-0.2, -0.15) is 0 Å². The number of nitrogens with one attached hydrogen (secondary N) is 1. The smallest absolute Gasteiger partial charge is 0.180 e. The minimum atomic E-state index is -3.34. The largest absolute Gasteiger partial charge is 0.496 e. The summed E-state index contributed by atoms with van der Waals surface area (Å²) in [5.41, 5.74) is 1.08. The number of fused-ring (bicyclic) bond motifs is 1. The molecule has 1 aromatic carbocycles. The number of hydrogen-bond donors (Lipinski definition) is 1. The maximum absolute atomic E-state index is 11.9. The van der Waals surface area contributed by atoms with Crippen LogP contribution in [0.25, 0.3) is 10.9 Å². The predicted molar refractivity (Wildman–Crippen MR) is 68.9 cm³/mol. The van der Waals surface area contributed by atoms with Gasteiger partial charge in [-0.1, -0.05) is 6.07 Å². The highest BCUT2D eigenvalue weighted by Gasteiger charge is 2.19. The summed E-state index contributed by atoms with van der Waals surface area (Å²) in [4.78, 5) is 14.9. The second kappa shape index (κ2) is 4.45. The van der Waals surface area contributed by atoms with Crippen LogP contribution < -0.4 is 4.74 Å². The highest BCUT2D eigenvalue weighted by atomic mass is 32.2. The topological polar surface area (TPSA) is 76.2 Å². The number of methoxy groups -OCH3 is 1. The molecule has 0 atom stereocenters. The monoisotopic (exact) mass is 267 g/mol. The number of benzene rings is 1. The standard InChI is InChI=1S/C12H13NO4S/c1-17-11-5-3-4-9-12(11)8(6-13-9)10(14)7-18(2,15)16/h3-6,13H,7H2,1-2H3. The van der Waals surface area contributed by atoms with E-state index in [1.807, 2.05) is 0 Å². The van der Waals surface area contributed by atoms with Gasteiger partial charge in [-0.15, -0.1) is 0 Å². The Morgan fingerprint density at radius 3 is 2.72 bits per heavy atom. The van der Waals surface area contributed by atoms with E-state index in [2.05, 4.69) is 4.98 Å². The zero-order valence-corrected chi connectivity index (χ0v) is 10.9. The Kier molecular flexibility index (Phi) is 3.13. The Labute approximate surface area is 105 Å². The first-order valence-corrected chi connectivity index (χ1v) is 7.33. The van der Waals surface area contributed by atoms with Crippen LogP contribution in [0.4, 0.5) is 0 Å². The highest BCUT2D eigenvalue weighted by molar-refractivity contribution is 7.91. The van der Waals surface area contributed by atoms with Gasteiger partial charge >= 0.3 is 0 Å². The van der Waals surface area contributed by atoms with Gasteiger partial charge in [-0.25, -0.2) is 8.42 Å². The molecule has 0 unspecified atom stereocenters. The third-order valence-electron chi connectivity index (χ3n) is 2.58. The molecule has 1 N–H and O–H groups in total. The van der Waals surface area contributed by atoms with Crippen molar-refractivity contribution in [2.45, 2.75) is 0 Å². The van der Waals surface area contributed by atoms with Crippen molar-refractivity contribution in [1.82, 2.24) is 4.98 Å². The first-order chi connectivity index (χ1) is 8.42. The molecule has 18 heavy (non-hydrogen) atoms. The van der Waals surface area contributed by atoms with E-state index >= 15 is 0 Å². The van der Waals surface area contributed by atoms with Crippen LogP contribution in [0.3, 0.4) is 0 Å². The molecule has 0 aliphatic carbocycles. The number of carbonyl (C=O) groups excluding carboxylic acids is 1. The number of aromatic amines is 1. The van der Waals surface area contributed by atoms with E-state index in [0.29, 0.717) is 16.7 Å². The fourth-order valence-electron chi connectivity index (χ4n) is 1.86. The molecule has 0 radical (unpaired) electrons. The van der Waals surface area contributed by atoms with Crippen LogP contribution in [0.15, 0.2) is 24.4 Å². The fraction of sp³-hybridized carbons (Fsp3) is 0.250. The van der Waals surface area contributed by atoms with Gasteiger partial charge in [0, 0.05) is 23.5 Å². The van der Waals surface area contributed by atoms with Gasteiger partial charge in [-0.05, 0) is 12.1 Å². The number of aromatic nitrogens is 1. The van der Waals surface area contributed by atoms with Crippen molar-refractivity contribution in [1.29, 1.82) is 0 Å². The van der Waals surface area contributed by atoms with E-state index in [1.54, 1.807) is 18.2 Å². The van der Waals surface area contributed by atoms with Crippen LogP contribution in [0, 0.1) is 0 Å². The van der Waals surface area contributed by atoms with Gasteiger partial charge in [0.2, 0.25) is 0 Å². The molecule has 0 fully saturated rings. The molecule has 96 valence electrons. The lowest BCUT2D eigenvalue weighted by atomic mass is 10.1. The van der Waals surface area contributed by atoms with Crippen LogP contribution in [0.1, 0.15) is 10.4 Å². The van der Waals surface area contributed by atoms with Crippen molar-refractivity contribution in [2.75, 3.05) is 19.1 Å². The summed E-state index contributed by atoms with van der Waals surface area (Å²) in [6, 6.07) is 5.32. The lowest BCUT2D eigenvalue weighted by Gasteiger charge is -2.03. The Hall–Kier alpha value is -1.82. The maximum Gasteiger partial charge on any atom is 0.180 e. The number of ketones is 1. The number of rotatable bonds is 4. The van der Waals surface area contributed by atoms with Crippen molar-refractivity contribution in [3.63, 3.8) is 0 Å². The average molecular weight is 267 g/mol. The third kappa shape index (κ3) is 2.38. The van der Waals surface area contributed by atoms with Crippen LogP contribution in [0.2, 0.25) is 0 Å². The van der Waals surface area contributed by atoms with Gasteiger partial charge in [0.1, 0.15) is 11.5 Å². The first kappa shape index (κ1) is 12.6. The van der Waals surface area contributed by atoms with Crippen LogP contribution in [-0.4, -0.2) is 38.3 Å². The molecule has 0 saturated carbocycles. The van der Waals surface area contributed by atoms with Crippen molar-refractivity contribution < 1.29 is 17.9 Å². The van der Waals surface area contributed by atoms with Crippen molar-refractivity contribution in [3.05, 3.63) is 30.0 Å². The highest BCUT2D eigenvalue weighted by Crippen LogP contribution is 2.28. The molecule has 0 bridgehead atoms. The predicted octanol–water partition coefficient (Wildman–Crippen LogP) is 1.40. The zero-order valence-electron chi connectivity index (χ0n) is 10.1. The molecule has 2 aromatic rings. The van der Waals surface area contributed by atoms with E-state index in [-0.39, 0.29) is 0 Å². The van der Waals surface area contributed by atoms with Crippen LogP contribution in [-0.2, 0) is 9.84 Å². The zero-order chi connectivity index (χ0) is 13.3. The van der Waals surface area contributed by atoms with Gasteiger partial charge in [0.05, 0.1) is 12.5 Å². The molecular weight excluding hydrogens is 254 g/mol. The third-order valence-corrected chi connectivity index (χ3v) is 3.37. The van der Waals surface area contributed by atoms with Gasteiger partial charge in [0.15, 0.2) is 15.6 Å². The van der Waals surface area contributed by atoms with Gasteiger partial charge in [-0.3, -0.25) is 4.79 Å². The first-order valence-electron chi connectivity index (χ1n) is 5.27. The Morgan fingerprint density at radius 1 is 1.39 bits per heavy atom. The molecule has 1 heterocycles. The lowest BCUT2D eigenvalue weighted by molar-refractivity contribution is 0.102. The average Bonchev–Trinajstić information content (AvgIpc) is 2.70. The van der Waals surface area contributed by atoms with E-state index in [4.69, 9.17) is 4.74 Å². The quantitative estimate of drug-likeness (QED) is 0.850. The molecule has 0 amide bonds. The Balaban J connectivity index is 2.55. The summed E-state index contributed by atoms with van der Waals surface area (Å²) < 4.78 is 27.5. The SMILES string of the molecule is COc1cccc2[nH]cc(C(=O)CS(C)(=O)=O)c12. The van der Waals surface area contributed by atoms with E-state index in [0.717, 1.165) is 11.8 Å². The minimum Gasteiger partial charge on any atom is -0.496 e. The van der Waals surface area contributed by atoms with Gasteiger partial charge in [0.25, 0.3) is 0 Å². The second-order valence-electron chi connectivity index (χ2n) is 4.08. The molecule has 1 aromatic heterocycles. The summed E-state index contributed by atoms with van der Waals surface area (Å²) in [5, 5.41) is 0.619. The van der Waals surface area contributed by atoms with Crippen LogP contribution in [0.5, 0.6) is 5.75 Å². The summed E-state index contributed by atoms with van der Waals surface area (Å²) in [7, 11) is -1.84. The number of ether oxygens (including phenoxy) is 1. The summed E-state index contributed by atoms with van der Waals surface area (Å²) >= 11 is 0. The van der Waals surface area contributed by atoms with Gasteiger partial charge < -0.3 is 9.72 Å². The molecule has 2 rings (SSSR count). The van der Waals surface area contributed by atoms with Crippen molar-refractivity contribution in [2.24, 2.45) is 0 Å². The minimum absolute atomic E-state index is 0.341. The number of H-pyrrole nitrogens is 1. The maximum atomic E-state index is 11.9. The molecule has 0 spiro atoms. The summed E-state index contributed by atoms with van der Waals surface area (Å²) in [6.07, 6.45) is 2.55. The molecule has 6 heteroatoms. The molecular formula is C12H13NO4S.